The molecule has 1 atom stereocenters. The van der Waals surface area contributed by atoms with Crippen LogP contribution in [0, 0.1) is 6.92 Å². The number of nitrogens with one attached hydrogen (secondary N) is 1. The molecule has 1 N–H and O–H groups in total. The molecule has 3 rings (SSSR count). The number of hydrogen-bond acceptors (Lipinski definition) is 2. The van der Waals surface area contributed by atoms with Crippen molar-refractivity contribution in [2.45, 2.75) is 57.9 Å². The van der Waals surface area contributed by atoms with Crippen LogP contribution in [0.2, 0.25) is 0 Å². The Kier molecular flexibility index (Phi) is 4.70. The Morgan fingerprint density at radius 1 is 1.25 bits per heavy atom. The number of nitrogens with zero attached hydrogens (tertiary/aromatic N) is 1. The molecule has 126 valence electrons. The maximum absolute atomic E-state index is 12.9. The molecule has 24 heavy (non-hydrogen) atoms. The van der Waals surface area contributed by atoms with Gasteiger partial charge in [0.1, 0.15) is 0 Å². The molecule has 0 aliphatic heterocycles. The first kappa shape index (κ1) is 16.7. The van der Waals surface area contributed by atoms with Gasteiger partial charge in [-0.2, -0.15) is 0 Å². The molecule has 1 aromatic heterocycles. The summed E-state index contributed by atoms with van der Waals surface area (Å²) in [5, 5.41) is 3.26. The van der Waals surface area contributed by atoms with Crippen molar-refractivity contribution in [2.24, 2.45) is 0 Å². The minimum Gasteiger partial charge on any atom is -0.350 e. The van der Waals surface area contributed by atoms with Gasteiger partial charge in [-0.3, -0.25) is 9.78 Å². The van der Waals surface area contributed by atoms with Gasteiger partial charge >= 0.3 is 0 Å². The van der Waals surface area contributed by atoms with Crippen LogP contribution >= 0.6 is 0 Å². The number of carbonyl (C=O) groups is 1. The smallest absolute Gasteiger partial charge is 0.229 e. The number of amides is 1. The zero-order valence-electron chi connectivity index (χ0n) is 14.8. The topological polar surface area (TPSA) is 42.0 Å². The summed E-state index contributed by atoms with van der Waals surface area (Å²) in [6.45, 7) is 6.31. The molecular weight excluding hydrogens is 296 g/mol. The van der Waals surface area contributed by atoms with Gasteiger partial charge in [-0.15, -0.1) is 0 Å². The second kappa shape index (κ2) is 6.76. The fraction of sp³-hybridized carbons (Fsp3) is 0.429. The van der Waals surface area contributed by atoms with Crippen LogP contribution in [0.1, 0.15) is 55.0 Å². The van der Waals surface area contributed by atoms with Crippen LogP contribution in [0.15, 0.2) is 42.6 Å². The molecule has 2 aromatic rings. The summed E-state index contributed by atoms with van der Waals surface area (Å²) in [4.78, 5) is 17.4. The van der Waals surface area contributed by atoms with Crippen molar-refractivity contribution in [3.63, 3.8) is 0 Å². The molecule has 0 saturated heterocycles. The number of aromatic nitrogens is 1. The summed E-state index contributed by atoms with van der Waals surface area (Å²) in [5.74, 6) is -0.0145. The average molecular weight is 322 g/mol. The van der Waals surface area contributed by atoms with Crippen molar-refractivity contribution in [2.75, 3.05) is 0 Å². The van der Waals surface area contributed by atoms with Gasteiger partial charge < -0.3 is 5.32 Å². The number of carbonyl (C=O) groups excluding carboxylic acids is 1. The summed E-state index contributed by atoms with van der Waals surface area (Å²) >= 11 is 0. The van der Waals surface area contributed by atoms with E-state index in [9.17, 15) is 4.79 Å². The molecule has 1 aliphatic rings. The van der Waals surface area contributed by atoms with E-state index >= 15 is 0 Å². The van der Waals surface area contributed by atoms with E-state index in [2.05, 4.69) is 61.4 Å². The van der Waals surface area contributed by atoms with E-state index in [1.165, 1.54) is 16.7 Å². The molecule has 3 nitrogen and oxygen atoms in total. The predicted octanol–water partition coefficient (Wildman–Crippen LogP) is 3.95. The first-order valence-corrected chi connectivity index (χ1v) is 8.76. The van der Waals surface area contributed by atoms with Crippen LogP contribution in [0.5, 0.6) is 0 Å². The minimum atomic E-state index is -0.282. The molecule has 3 heteroatoms. The second-order valence-corrected chi connectivity index (χ2v) is 7.47. The Balaban J connectivity index is 1.74. The normalized spacial score (nSPS) is 17.2. The van der Waals surface area contributed by atoms with Crippen LogP contribution in [-0.4, -0.2) is 16.4 Å². The summed E-state index contributed by atoms with van der Waals surface area (Å²) in [6, 6.07) is 12.4. The molecule has 1 aliphatic carbocycles. The number of hydrogen-bond donors (Lipinski definition) is 1. The summed E-state index contributed by atoms with van der Waals surface area (Å²) in [5.41, 5.74) is 4.46. The average Bonchev–Trinajstić information content (AvgIpc) is 2.56. The van der Waals surface area contributed by atoms with Crippen molar-refractivity contribution < 1.29 is 4.79 Å². The molecule has 0 bridgehead atoms. The lowest BCUT2D eigenvalue weighted by Gasteiger charge is -2.31. The zero-order valence-corrected chi connectivity index (χ0v) is 14.8. The highest BCUT2D eigenvalue weighted by Crippen LogP contribution is 2.30. The maximum atomic E-state index is 12.9. The van der Waals surface area contributed by atoms with E-state index in [0.717, 1.165) is 31.4 Å². The third-order valence-corrected chi connectivity index (χ3v) is 4.87. The van der Waals surface area contributed by atoms with Gasteiger partial charge in [-0.05, 0) is 69.2 Å². The first-order valence-electron chi connectivity index (χ1n) is 8.76. The zero-order chi connectivity index (χ0) is 17.2. The quantitative estimate of drug-likeness (QED) is 0.926. The Labute approximate surface area is 144 Å². The molecule has 0 spiro atoms. The van der Waals surface area contributed by atoms with Gasteiger partial charge in [-0.25, -0.2) is 0 Å². The van der Waals surface area contributed by atoms with Crippen LogP contribution in [0.3, 0.4) is 0 Å². The Morgan fingerprint density at radius 3 is 2.83 bits per heavy atom. The predicted molar refractivity (Wildman–Crippen MR) is 97.0 cm³/mol. The summed E-state index contributed by atoms with van der Waals surface area (Å²) < 4.78 is 0. The van der Waals surface area contributed by atoms with Crippen molar-refractivity contribution in [1.82, 2.24) is 10.3 Å². The van der Waals surface area contributed by atoms with E-state index in [1.54, 1.807) is 6.20 Å². The first-order chi connectivity index (χ1) is 11.5. The standard InChI is InChI=1S/C21H26N2O/c1-15-8-4-5-9-17(15)14-21(2,3)23-20(24)18-12-6-10-16-11-7-13-22-19(16)18/h4-5,7-9,11,13,18H,6,10,12,14H2,1-3H3,(H,23,24). The largest absolute Gasteiger partial charge is 0.350 e. The van der Waals surface area contributed by atoms with Gasteiger partial charge in [0.25, 0.3) is 0 Å². The van der Waals surface area contributed by atoms with Crippen LogP contribution in [-0.2, 0) is 17.6 Å². The van der Waals surface area contributed by atoms with Gasteiger partial charge in [-0.1, -0.05) is 30.3 Å². The molecule has 1 unspecified atom stereocenters. The number of aryl methyl sites for hydroxylation is 2. The van der Waals surface area contributed by atoms with Gasteiger partial charge in [0, 0.05) is 11.7 Å². The molecular formula is C21H26N2O. The van der Waals surface area contributed by atoms with Crippen molar-refractivity contribution >= 4 is 5.91 Å². The lowest BCUT2D eigenvalue weighted by atomic mass is 9.85. The van der Waals surface area contributed by atoms with E-state index < -0.39 is 0 Å². The Morgan fingerprint density at radius 2 is 2.04 bits per heavy atom. The van der Waals surface area contributed by atoms with Crippen molar-refractivity contribution in [1.29, 1.82) is 0 Å². The number of pyridine rings is 1. The van der Waals surface area contributed by atoms with Crippen molar-refractivity contribution in [3.8, 4) is 0 Å². The minimum absolute atomic E-state index is 0.105. The third kappa shape index (κ3) is 3.66. The molecule has 1 amide bonds. The van der Waals surface area contributed by atoms with Gasteiger partial charge in [0.2, 0.25) is 5.91 Å². The highest BCUT2D eigenvalue weighted by atomic mass is 16.2. The van der Waals surface area contributed by atoms with Crippen molar-refractivity contribution in [3.05, 3.63) is 65.0 Å². The van der Waals surface area contributed by atoms with Crippen LogP contribution in [0.25, 0.3) is 0 Å². The third-order valence-electron chi connectivity index (χ3n) is 4.87. The monoisotopic (exact) mass is 322 g/mol. The highest BCUT2D eigenvalue weighted by Gasteiger charge is 2.31. The van der Waals surface area contributed by atoms with Crippen LogP contribution < -0.4 is 5.32 Å². The molecule has 0 radical (unpaired) electrons. The highest BCUT2D eigenvalue weighted by molar-refractivity contribution is 5.84. The number of fused-ring (bicyclic) bond motifs is 1. The SMILES string of the molecule is Cc1ccccc1CC(C)(C)NC(=O)C1CCCc2cccnc21. The van der Waals surface area contributed by atoms with E-state index in [0.29, 0.717) is 0 Å². The number of rotatable bonds is 4. The maximum Gasteiger partial charge on any atom is 0.229 e. The molecule has 0 fully saturated rings. The summed E-state index contributed by atoms with van der Waals surface area (Å²) in [7, 11) is 0. The number of benzene rings is 1. The lowest BCUT2D eigenvalue weighted by Crippen LogP contribution is -2.47. The Bertz CT molecular complexity index is 736. The van der Waals surface area contributed by atoms with Crippen LogP contribution in [0.4, 0.5) is 0 Å². The molecule has 0 saturated carbocycles. The second-order valence-electron chi connectivity index (χ2n) is 7.47. The van der Waals surface area contributed by atoms with Gasteiger partial charge in [0.05, 0.1) is 11.6 Å². The summed E-state index contributed by atoms with van der Waals surface area (Å²) in [6.07, 6.45) is 5.58. The molecule has 1 heterocycles. The van der Waals surface area contributed by atoms with Gasteiger partial charge in [0.15, 0.2) is 0 Å². The van der Waals surface area contributed by atoms with E-state index in [1.807, 2.05) is 6.07 Å². The lowest BCUT2D eigenvalue weighted by molar-refractivity contribution is -0.124. The fourth-order valence-corrected chi connectivity index (χ4v) is 3.61. The van der Waals surface area contributed by atoms with E-state index in [-0.39, 0.29) is 17.4 Å². The molecule has 1 aromatic carbocycles. The van der Waals surface area contributed by atoms with E-state index in [4.69, 9.17) is 0 Å². The fourth-order valence-electron chi connectivity index (χ4n) is 3.61. The Hall–Kier alpha value is -2.16.